The smallest absolute Gasteiger partial charge is 0.389 e. The molecule has 3 N–H and O–H groups in total. The molecular formula is C14H17F3N2O. The van der Waals surface area contributed by atoms with Crippen molar-refractivity contribution in [1.82, 2.24) is 5.32 Å². The highest BCUT2D eigenvalue weighted by Gasteiger charge is 2.25. The van der Waals surface area contributed by atoms with Gasteiger partial charge < -0.3 is 11.1 Å². The van der Waals surface area contributed by atoms with E-state index in [1.54, 1.807) is 30.3 Å². The van der Waals surface area contributed by atoms with Crippen molar-refractivity contribution in [2.75, 3.05) is 12.3 Å². The molecule has 1 rings (SSSR count). The number of hydrogen-bond acceptors (Lipinski definition) is 2. The van der Waals surface area contributed by atoms with Crippen LogP contribution < -0.4 is 11.1 Å². The number of carbonyl (C=O) groups excluding carboxylic acids is 1. The fourth-order valence-corrected chi connectivity index (χ4v) is 1.56. The number of amides is 1. The van der Waals surface area contributed by atoms with Crippen LogP contribution in [-0.4, -0.2) is 18.6 Å². The molecule has 0 aliphatic heterocycles. The predicted molar refractivity (Wildman–Crippen MR) is 72.8 cm³/mol. The first-order chi connectivity index (χ1) is 9.37. The molecule has 0 fully saturated rings. The zero-order chi connectivity index (χ0) is 15.0. The Morgan fingerprint density at radius 2 is 2.05 bits per heavy atom. The molecule has 0 radical (unpaired) electrons. The number of alkyl halides is 3. The molecule has 1 amide bonds. The molecule has 1 aromatic rings. The van der Waals surface area contributed by atoms with E-state index >= 15 is 0 Å². The largest absolute Gasteiger partial charge is 0.399 e. The number of halogens is 3. The third kappa shape index (κ3) is 7.45. The molecule has 0 saturated carbocycles. The highest BCUT2D eigenvalue weighted by molar-refractivity contribution is 5.91. The van der Waals surface area contributed by atoms with Crippen LogP contribution in [0.4, 0.5) is 18.9 Å². The lowest BCUT2D eigenvalue weighted by Crippen LogP contribution is -2.22. The molecule has 0 unspecified atom stereocenters. The highest BCUT2D eigenvalue weighted by atomic mass is 19.4. The van der Waals surface area contributed by atoms with Crippen molar-refractivity contribution in [2.45, 2.75) is 25.4 Å². The molecule has 20 heavy (non-hydrogen) atoms. The summed E-state index contributed by atoms with van der Waals surface area (Å²) in [6, 6.07) is 7.01. The molecule has 0 atom stereocenters. The Morgan fingerprint density at radius 3 is 2.70 bits per heavy atom. The quantitative estimate of drug-likeness (QED) is 0.479. The van der Waals surface area contributed by atoms with E-state index in [0.717, 1.165) is 5.56 Å². The minimum absolute atomic E-state index is 0.0166. The summed E-state index contributed by atoms with van der Waals surface area (Å²) in [5, 5.41) is 2.53. The Kier molecular flexibility index (Phi) is 6.09. The summed E-state index contributed by atoms with van der Waals surface area (Å²) < 4.78 is 35.6. The van der Waals surface area contributed by atoms with E-state index in [4.69, 9.17) is 5.73 Å². The maximum absolute atomic E-state index is 11.9. The number of nitrogens with one attached hydrogen (secondary N) is 1. The van der Waals surface area contributed by atoms with Crippen molar-refractivity contribution in [1.29, 1.82) is 0 Å². The molecule has 0 aliphatic rings. The van der Waals surface area contributed by atoms with E-state index < -0.39 is 12.6 Å². The Morgan fingerprint density at radius 1 is 1.30 bits per heavy atom. The van der Waals surface area contributed by atoms with Crippen LogP contribution in [0.5, 0.6) is 0 Å². The summed E-state index contributed by atoms with van der Waals surface area (Å²) in [7, 11) is 0. The third-order valence-corrected chi connectivity index (χ3v) is 2.52. The van der Waals surface area contributed by atoms with Crippen LogP contribution in [0.25, 0.3) is 6.08 Å². The summed E-state index contributed by atoms with van der Waals surface area (Å²) in [6.45, 7) is 0.232. The van der Waals surface area contributed by atoms with E-state index in [0.29, 0.717) is 12.1 Å². The lowest BCUT2D eigenvalue weighted by molar-refractivity contribution is -0.135. The van der Waals surface area contributed by atoms with E-state index in [1.165, 1.54) is 6.08 Å². The van der Waals surface area contributed by atoms with Gasteiger partial charge in [0, 0.05) is 24.7 Å². The number of anilines is 1. The van der Waals surface area contributed by atoms with Gasteiger partial charge in [-0.2, -0.15) is 13.2 Å². The van der Waals surface area contributed by atoms with Crippen molar-refractivity contribution in [3.63, 3.8) is 0 Å². The summed E-state index contributed by atoms with van der Waals surface area (Å²) in [4.78, 5) is 11.4. The van der Waals surface area contributed by atoms with Gasteiger partial charge in [-0.05, 0) is 36.6 Å². The van der Waals surface area contributed by atoms with E-state index in [1.807, 2.05) is 0 Å². The van der Waals surface area contributed by atoms with Crippen LogP contribution >= 0.6 is 0 Å². The number of rotatable bonds is 6. The lowest BCUT2D eigenvalue weighted by atomic mass is 10.2. The van der Waals surface area contributed by atoms with Gasteiger partial charge >= 0.3 is 6.18 Å². The first-order valence-corrected chi connectivity index (χ1v) is 6.25. The fourth-order valence-electron chi connectivity index (χ4n) is 1.56. The van der Waals surface area contributed by atoms with Crippen LogP contribution in [0.1, 0.15) is 24.8 Å². The number of carbonyl (C=O) groups is 1. The molecule has 3 nitrogen and oxygen atoms in total. The molecule has 0 heterocycles. The molecule has 6 heteroatoms. The van der Waals surface area contributed by atoms with Gasteiger partial charge in [-0.3, -0.25) is 4.79 Å². The molecule has 110 valence electrons. The molecule has 0 aromatic heterocycles. The molecular weight excluding hydrogens is 269 g/mol. The van der Waals surface area contributed by atoms with E-state index in [9.17, 15) is 18.0 Å². The fraction of sp³-hybridized carbons (Fsp3) is 0.357. The average molecular weight is 286 g/mol. The number of unbranched alkanes of at least 4 members (excludes halogenated alkanes) is 1. The summed E-state index contributed by atoms with van der Waals surface area (Å²) in [6.07, 6.45) is -1.70. The zero-order valence-corrected chi connectivity index (χ0v) is 10.9. The van der Waals surface area contributed by atoms with Gasteiger partial charge in [0.2, 0.25) is 5.91 Å². The Bertz CT molecular complexity index is 470. The zero-order valence-electron chi connectivity index (χ0n) is 10.9. The number of benzene rings is 1. The summed E-state index contributed by atoms with van der Waals surface area (Å²) in [5.41, 5.74) is 6.97. The van der Waals surface area contributed by atoms with Gasteiger partial charge in [-0.25, -0.2) is 0 Å². The monoisotopic (exact) mass is 286 g/mol. The Labute approximate surface area is 115 Å². The minimum Gasteiger partial charge on any atom is -0.399 e. The molecule has 0 aliphatic carbocycles. The Hall–Kier alpha value is -1.98. The number of nitrogens with two attached hydrogens (primary N) is 1. The van der Waals surface area contributed by atoms with Gasteiger partial charge in [0.25, 0.3) is 0 Å². The van der Waals surface area contributed by atoms with Crippen molar-refractivity contribution in [3.8, 4) is 0 Å². The molecule has 0 bridgehead atoms. The normalized spacial score (nSPS) is 11.8. The SMILES string of the molecule is Nc1cccc(/C=C/C(=O)NCCCCC(F)(F)F)c1. The second-order valence-corrected chi connectivity index (χ2v) is 4.37. The van der Waals surface area contributed by atoms with Crippen molar-refractivity contribution in [3.05, 3.63) is 35.9 Å². The van der Waals surface area contributed by atoms with Crippen LogP contribution in [0.2, 0.25) is 0 Å². The van der Waals surface area contributed by atoms with Gasteiger partial charge in [0.05, 0.1) is 0 Å². The first-order valence-electron chi connectivity index (χ1n) is 6.25. The minimum atomic E-state index is -4.13. The van der Waals surface area contributed by atoms with Crippen LogP contribution in [0, 0.1) is 0 Å². The summed E-state index contributed by atoms with van der Waals surface area (Å²) >= 11 is 0. The second kappa shape index (κ2) is 7.57. The lowest BCUT2D eigenvalue weighted by Gasteiger charge is -2.05. The van der Waals surface area contributed by atoms with Gasteiger partial charge in [-0.15, -0.1) is 0 Å². The second-order valence-electron chi connectivity index (χ2n) is 4.37. The topological polar surface area (TPSA) is 55.1 Å². The van der Waals surface area contributed by atoms with Crippen LogP contribution in [0.15, 0.2) is 30.3 Å². The van der Waals surface area contributed by atoms with Crippen molar-refractivity contribution >= 4 is 17.7 Å². The van der Waals surface area contributed by atoms with Gasteiger partial charge in [-0.1, -0.05) is 12.1 Å². The molecule has 0 saturated heterocycles. The maximum Gasteiger partial charge on any atom is 0.389 e. The van der Waals surface area contributed by atoms with Gasteiger partial charge in [0.1, 0.15) is 0 Å². The van der Waals surface area contributed by atoms with Crippen molar-refractivity contribution in [2.24, 2.45) is 0 Å². The maximum atomic E-state index is 11.9. The summed E-state index contributed by atoms with van der Waals surface area (Å²) in [5.74, 6) is -0.334. The first kappa shape index (κ1) is 16.1. The highest BCUT2D eigenvalue weighted by Crippen LogP contribution is 2.21. The molecule has 0 spiro atoms. The van der Waals surface area contributed by atoms with Crippen molar-refractivity contribution < 1.29 is 18.0 Å². The van der Waals surface area contributed by atoms with E-state index in [2.05, 4.69) is 5.32 Å². The average Bonchev–Trinajstić information content (AvgIpc) is 2.35. The Balaban J connectivity index is 2.24. The molecule has 1 aromatic carbocycles. The predicted octanol–water partition coefficient (Wildman–Crippen LogP) is 3.13. The third-order valence-electron chi connectivity index (χ3n) is 2.52. The number of nitrogen functional groups attached to an aromatic ring is 1. The van der Waals surface area contributed by atoms with Gasteiger partial charge in [0.15, 0.2) is 0 Å². The van der Waals surface area contributed by atoms with Crippen LogP contribution in [-0.2, 0) is 4.79 Å². The standard InChI is InChI=1S/C14H17F3N2O/c15-14(16,17)8-1-2-9-19-13(20)7-6-11-4-3-5-12(18)10-11/h3-7,10H,1-2,8-9,18H2,(H,19,20)/b7-6+. The number of hydrogen-bond donors (Lipinski definition) is 2. The van der Waals surface area contributed by atoms with E-state index in [-0.39, 0.29) is 18.9 Å². The van der Waals surface area contributed by atoms with Crippen LogP contribution in [0.3, 0.4) is 0 Å².